The Bertz CT molecular complexity index is 854. The molecule has 0 aliphatic rings. The summed E-state index contributed by atoms with van der Waals surface area (Å²) in [6.07, 6.45) is 4.94. The van der Waals surface area contributed by atoms with Gasteiger partial charge in [0.25, 0.3) is 0 Å². The van der Waals surface area contributed by atoms with Crippen LogP contribution in [0.25, 0.3) is 11.0 Å². The van der Waals surface area contributed by atoms with Crippen molar-refractivity contribution in [3.8, 4) is 0 Å². The Kier molecular flexibility index (Phi) is 4.41. The molecule has 9 heteroatoms. The van der Waals surface area contributed by atoms with E-state index in [1.807, 2.05) is 14.0 Å². The number of esters is 1. The summed E-state index contributed by atoms with van der Waals surface area (Å²) in [7, 11) is 1.82. The predicted octanol–water partition coefficient (Wildman–Crippen LogP) is 1.16. The first-order chi connectivity index (χ1) is 11.6. The van der Waals surface area contributed by atoms with E-state index in [1.54, 1.807) is 28.7 Å². The van der Waals surface area contributed by atoms with Gasteiger partial charge in [0.2, 0.25) is 0 Å². The van der Waals surface area contributed by atoms with Crippen LogP contribution < -0.4 is 5.32 Å². The van der Waals surface area contributed by atoms with Crippen LogP contribution in [0.2, 0.25) is 0 Å². The lowest BCUT2D eigenvalue weighted by Gasteiger charge is -2.13. The second kappa shape index (κ2) is 6.65. The number of carbonyl (C=O) groups excluding carboxylic acids is 1. The number of rotatable bonds is 6. The minimum Gasteiger partial charge on any atom is -0.462 e. The van der Waals surface area contributed by atoms with Gasteiger partial charge in [-0.2, -0.15) is 5.10 Å². The van der Waals surface area contributed by atoms with Crippen molar-refractivity contribution in [2.24, 2.45) is 7.05 Å². The average molecular weight is 329 g/mol. The van der Waals surface area contributed by atoms with E-state index in [9.17, 15) is 4.79 Å². The van der Waals surface area contributed by atoms with Gasteiger partial charge in [0.15, 0.2) is 5.65 Å². The Morgan fingerprint density at radius 1 is 1.42 bits per heavy atom. The van der Waals surface area contributed by atoms with Crippen molar-refractivity contribution in [1.29, 1.82) is 0 Å². The second-order valence-electron chi connectivity index (χ2n) is 5.27. The van der Waals surface area contributed by atoms with Crippen LogP contribution in [-0.4, -0.2) is 48.9 Å². The molecule has 3 rings (SSSR count). The molecule has 0 saturated carbocycles. The first kappa shape index (κ1) is 15.9. The van der Waals surface area contributed by atoms with E-state index in [4.69, 9.17) is 4.74 Å². The van der Waals surface area contributed by atoms with Crippen molar-refractivity contribution in [1.82, 2.24) is 29.8 Å². The van der Waals surface area contributed by atoms with Crippen LogP contribution in [-0.2, 0) is 18.3 Å². The number of nitrogens with one attached hydrogen (secondary N) is 1. The van der Waals surface area contributed by atoms with E-state index < -0.39 is 5.97 Å². The van der Waals surface area contributed by atoms with Gasteiger partial charge in [0.05, 0.1) is 36.1 Å². The molecule has 126 valence electrons. The third-order valence-corrected chi connectivity index (χ3v) is 3.64. The standard InChI is InChI=1S/C15H19N7O2/c1-4-24-15(23)11-9-17-14-12(10(2)19-21(14)3)13(11)16-5-7-22-8-6-18-20-22/h6,8-9H,4-5,7H2,1-3H3,(H,16,17). The molecule has 1 N–H and O–H groups in total. The van der Waals surface area contributed by atoms with Crippen LogP contribution in [0.5, 0.6) is 0 Å². The summed E-state index contributed by atoms with van der Waals surface area (Å²) in [6.45, 7) is 5.16. The Labute approximate surface area is 138 Å². The van der Waals surface area contributed by atoms with E-state index in [2.05, 4.69) is 25.7 Å². The van der Waals surface area contributed by atoms with E-state index in [-0.39, 0.29) is 0 Å². The molecule has 0 saturated heterocycles. The maximum Gasteiger partial charge on any atom is 0.341 e. The molecule has 3 aromatic heterocycles. The number of ether oxygens (including phenoxy) is 1. The highest BCUT2D eigenvalue weighted by molar-refractivity contribution is 6.05. The van der Waals surface area contributed by atoms with Crippen molar-refractivity contribution < 1.29 is 9.53 Å². The molecule has 0 spiro atoms. The van der Waals surface area contributed by atoms with Crippen LogP contribution >= 0.6 is 0 Å². The van der Waals surface area contributed by atoms with Gasteiger partial charge < -0.3 is 10.1 Å². The van der Waals surface area contributed by atoms with Gasteiger partial charge in [-0.3, -0.25) is 9.36 Å². The third-order valence-electron chi connectivity index (χ3n) is 3.64. The Morgan fingerprint density at radius 2 is 2.25 bits per heavy atom. The molecule has 9 nitrogen and oxygen atoms in total. The molecular weight excluding hydrogens is 310 g/mol. The molecule has 3 heterocycles. The number of hydrogen-bond acceptors (Lipinski definition) is 7. The van der Waals surface area contributed by atoms with Crippen LogP contribution in [0.3, 0.4) is 0 Å². The summed E-state index contributed by atoms with van der Waals surface area (Å²) in [5.41, 5.74) is 2.60. The molecule has 0 aliphatic heterocycles. The summed E-state index contributed by atoms with van der Waals surface area (Å²) in [5, 5.41) is 16.2. The molecule has 0 bridgehead atoms. The normalized spacial score (nSPS) is 11.0. The van der Waals surface area contributed by atoms with Crippen molar-refractivity contribution in [3.63, 3.8) is 0 Å². The van der Waals surface area contributed by atoms with Crippen molar-refractivity contribution in [3.05, 3.63) is 29.8 Å². The molecular formula is C15H19N7O2. The largest absolute Gasteiger partial charge is 0.462 e. The molecule has 0 amide bonds. The summed E-state index contributed by atoms with van der Waals surface area (Å²) in [5.74, 6) is -0.404. The maximum atomic E-state index is 12.3. The summed E-state index contributed by atoms with van der Waals surface area (Å²) in [4.78, 5) is 16.6. The summed E-state index contributed by atoms with van der Waals surface area (Å²) < 4.78 is 8.55. The average Bonchev–Trinajstić information content (AvgIpc) is 3.16. The maximum absolute atomic E-state index is 12.3. The fourth-order valence-electron chi connectivity index (χ4n) is 2.61. The van der Waals surface area contributed by atoms with Crippen molar-refractivity contribution in [2.75, 3.05) is 18.5 Å². The Hall–Kier alpha value is -2.97. The predicted molar refractivity (Wildman–Crippen MR) is 87.7 cm³/mol. The van der Waals surface area contributed by atoms with Crippen LogP contribution in [0, 0.1) is 6.92 Å². The zero-order valence-corrected chi connectivity index (χ0v) is 13.9. The fourth-order valence-corrected chi connectivity index (χ4v) is 2.61. The van der Waals surface area contributed by atoms with Crippen molar-refractivity contribution >= 4 is 22.7 Å². The highest BCUT2D eigenvalue weighted by atomic mass is 16.5. The zero-order valence-electron chi connectivity index (χ0n) is 13.9. The van der Waals surface area contributed by atoms with Crippen LogP contribution in [0.4, 0.5) is 5.69 Å². The van der Waals surface area contributed by atoms with Gasteiger partial charge in [0, 0.05) is 26.0 Å². The van der Waals surface area contributed by atoms with Gasteiger partial charge in [0.1, 0.15) is 5.56 Å². The number of carbonyl (C=O) groups is 1. The second-order valence-corrected chi connectivity index (χ2v) is 5.27. The first-order valence-corrected chi connectivity index (χ1v) is 7.69. The minimum atomic E-state index is -0.404. The summed E-state index contributed by atoms with van der Waals surface area (Å²) >= 11 is 0. The molecule has 0 fully saturated rings. The van der Waals surface area contributed by atoms with E-state index in [1.165, 1.54) is 6.20 Å². The molecule has 0 unspecified atom stereocenters. The van der Waals surface area contributed by atoms with Gasteiger partial charge in [-0.15, -0.1) is 5.10 Å². The quantitative estimate of drug-likeness (QED) is 0.677. The number of anilines is 1. The molecule has 0 atom stereocenters. The molecule has 24 heavy (non-hydrogen) atoms. The highest BCUT2D eigenvalue weighted by Gasteiger charge is 2.20. The molecule has 0 radical (unpaired) electrons. The number of nitrogens with zero attached hydrogens (tertiary/aromatic N) is 6. The minimum absolute atomic E-state index is 0.307. The monoisotopic (exact) mass is 329 g/mol. The number of pyridine rings is 1. The molecule has 0 aromatic carbocycles. The number of aromatic nitrogens is 6. The van der Waals surface area contributed by atoms with E-state index in [0.29, 0.717) is 36.6 Å². The lowest BCUT2D eigenvalue weighted by Crippen LogP contribution is -2.15. The van der Waals surface area contributed by atoms with Gasteiger partial charge in [-0.25, -0.2) is 9.78 Å². The lowest BCUT2D eigenvalue weighted by molar-refractivity contribution is 0.0527. The van der Waals surface area contributed by atoms with Gasteiger partial charge in [-0.05, 0) is 13.8 Å². The topological polar surface area (TPSA) is 99.8 Å². The van der Waals surface area contributed by atoms with E-state index in [0.717, 1.165) is 11.1 Å². The third kappa shape index (κ3) is 2.92. The number of hydrogen-bond donors (Lipinski definition) is 1. The fraction of sp³-hybridized carbons (Fsp3) is 0.400. The number of aryl methyl sites for hydroxylation is 2. The Morgan fingerprint density at radius 3 is 2.96 bits per heavy atom. The van der Waals surface area contributed by atoms with Crippen LogP contribution in [0.1, 0.15) is 23.0 Å². The van der Waals surface area contributed by atoms with Crippen LogP contribution in [0.15, 0.2) is 18.6 Å². The number of fused-ring (bicyclic) bond motifs is 1. The highest BCUT2D eigenvalue weighted by Crippen LogP contribution is 2.28. The zero-order chi connectivity index (χ0) is 17.1. The smallest absolute Gasteiger partial charge is 0.341 e. The first-order valence-electron chi connectivity index (χ1n) is 7.69. The van der Waals surface area contributed by atoms with Crippen molar-refractivity contribution in [2.45, 2.75) is 20.4 Å². The van der Waals surface area contributed by atoms with Gasteiger partial charge in [-0.1, -0.05) is 5.21 Å². The molecule has 3 aromatic rings. The lowest BCUT2D eigenvalue weighted by atomic mass is 10.1. The SMILES string of the molecule is CCOC(=O)c1cnc2c(c(C)nn2C)c1NCCn1ccnn1. The molecule has 0 aliphatic carbocycles. The van der Waals surface area contributed by atoms with Gasteiger partial charge >= 0.3 is 5.97 Å². The van der Waals surface area contributed by atoms with E-state index >= 15 is 0 Å². The Balaban J connectivity index is 1.96. The summed E-state index contributed by atoms with van der Waals surface area (Å²) in [6, 6.07) is 0.